The molecule has 1 rings (SSSR count). The Labute approximate surface area is 88.5 Å². The molecule has 0 saturated carbocycles. The first kappa shape index (κ1) is 11.8. The SMILES string of the molecule is CC(C)CCNc1c(F)cc(N)cc1F. The second-order valence-corrected chi connectivity index (χ2v) is 3.97. The van der Waals surface area contributed by atoms with Gasteiger partial charge in [0.25, 0.3) is 0 Å². The molecule has 0 aliphatic heterocycles. The molecule has 0 unspecified atom stereocenters. The minimum absolute atomic E-state index is 0.0927. The van der Waals surface area contributed by atoms with E-state index < -0.39 is 11.6 Å². The van der Waals surface area contributed by atoms with E-state index in [1.165, 1.54) is 0 Å². The number of nitrogens with one attached hydrogen (secondary N) is 1. The molecule has 0 bridgehead atoms. The third kappa shape index (κ3) is 3.38. The Balaban J connectivity index is 2.68. The van der Waals surface area contributed by atoms with E-state index in [1.54, 1.807) is 0 Å². The number of rotatable bonds is 4. The van der Waals surface area contributed by atoms with Crippen LogP contribution in [0.1, 0.15) is 20.3 Å². The lowest BCUT2D eigenvalue weighted by Gasteiger charge is -2.10. The van der Waals surface area contributed by atoms with Crippen LogP contribution >= 0.6 is 0 Å². The zero-order chi connectivity index (χ0) is 11.4. The Morgan fingerprint density at radius 1 is 1.27 bits per heavy atom. The molecule has 4 heteroatoms. The number of halogens is 2. The molecule has 0 aromatic heterocycles. The summed E-state index contributed by atoms with van der Waals surface area (Å²) in [6.45, 7) is 4.66. The van der Waals surface area contributed by atoms with E-state index in [4.69, 9.17) is 5.73 Å². The lowest BCUT2D eigenvalue weighted by Crippen LogP contribution is -2.08. The second kappa shape index (κ2) is 4.96. The number of nitrogen functional groups attached to an aromatic ring is 1. The molecule has 0 amide bonds. The first-order valence-corrected chi connectivity index (χ1v) is 4.99. The summed E-state index contributed by atoms with van der Waals surface area (Å²) in [7, 11) is 0. The monoisotopic (exact) mass is 214 g/mol. The van der Waals surface area contributed by atoms with E-state index >= 15 is 0 Å². The molecule has 0 spiro atoms. The first-order chi connectivity index (χ1) is 7.00. The maximum Gasteiger partial charge on any atom is 0.151 e. The summed E-state index contributed by atoms with van der Waals surface area (Å²) in [6, 6.07) is 2.22. The molecule has 0 heterocycles. The minimum atomic E-state index is -0.642. The molecule has 3 N–H and O–H groups in total. The summed E-state index contributed by atoms with van der Waals surface area (Å²) in [5.41, 5.74) is 5.30. The molecule has 1 aromatic carbocycles. The topological polar surface area (TPSA) is 38.0 Å². The van der Waals surface area contributed by atoms with Crippen molar-refractivity contribution in [3.63, 3.8) is 0 Å². The lowest BCUT2D eigenvalue weighted by atomic mass is 10.1. The molecule has 0 aliphatic rings. The van der Waals surface area contributed by atoms with Gasteiger partial charge in [-0.15, -0.1) is 0 Å². The van der Waals surface area contributed by atoms with Crippen molar-refractivity contribution in [2.45, 2.75) is 20.3 Å². The molecule has 0 radical (unpaired) electrons. The van der Waals surface area contributed by atoms with Gasteiger partial charge in [-0.2, -0.15) is 0 Å². The Morgan fingerprint density at radius 3 is 2.27 bits per heavy atom. The van der Waals surface area contributed by atoms with Crippen molar-refractivity contribution in [1.82, 2.24) is 0 Å². The zero-order valence-electron chi connectivity index (χ0n) is 8.98. The predicted molar refractivity (Wildman–Crippen MR) is 58.7 cm³/mol. The summed E-state index contributed by atoms with van der Waals surface area (Å²) in [4.78, 5) is 0. The highest BCUT2D eigenvalue weighted by Crippen LogP contribution is 2.21. The van der Waals surface area contributed by atoms with Gasteiger partial charge in [0.2, 0.25) is 0 Å². The van der Waals surface area contributed by atoms with E-state index in [-0.39, 0.29) is 11.4 Å². The number of nitrogens with two attached hydrogens (primary N) is 1. The molecular formula is C11H16F2N2. The highest BCUT2D eigenvalue weighted by Gasteiger charge is 2.09. The van der Waals surface area contributed by atoms with Gasteiger partial charge in [-0.25, -0.2) is 8.78 Å². The number of hydrogen-bond donors (Lipinski definition) is 2. The van der Waals surface area contributed by atoms with E-state index in [0.29, 0.717) is 12.5 Å². The minimum Gasteiger partial charge on any atom is -0.399 e. The average Bonchev–Trinajstić information content (AvgIpc) is 2.08. The highest BCUT2D eigenvalue weighted by atomic mass is 19.1. The van der Waals surface area contributed by atoms with Crippen LogP contribution in [-0.4, -0.2) is 6.54 Å². The molecule has 15 heavy (non-hydrogen) atoms. The van der Waals surface area contributed by atoms with E-state index in [2.05, 4.69) is 19.2 Å². The van der Waals surface area contributed by atoms with Crippen LogP contribution in [0.25, 0.3) is 0 Å². The normalized spacial score (nSPS) is 10.7. The third-order valence-corrected chi connectivity index (χ3v) is 2.09. The number of hydrogen-bond acceptors (Lipinski definition) is 2. The van der Waals surface area contributed by atoms with E-state index in [1.807, 2.05) is 0 Å². The van der Waals surface area contributed by atoms with Crippen LogP contribution in [0.3, 0.4) is 0 Å². The predicted octanol–water partition coefficient (Wildman–Crippen LogP) is 3.00. The van der Waals surface area contributed by atoms with Crippen LogP contribution in [0, 0.1) is 17.6 Å². The quantitative estimate of drug-likeness (QED) is 0.756. The number of anilines is 2. The Morgan fingerprint density at radius 2 is 1.80 bits per heavy atom. The van der Waals surface area contributed by atoms with Crippen LogP contribution in [0.2, 0.25) is 0 Å². The summed E-state index contributed by atoms with van der Waals surface area (Å²) in [5.74, 6) is -0.787. The summed E-state index contributed by atoms with van der Waals surface area (Å²) < 4.78 is 26.5. The fourth-order valence-electron chi connectivity index (χ4n) is 1.25. The van der Waals surface area contributed by atoms with Crippen molar-refractivity contribution in [1.29, 1.82) is 0 Å². The maximum atomic E-state index is 13.3. The molecule has 0 atom stereocenters. The molecule has 84 valence electrons. The van der Waals surface area contributed by atoms with Gasteiger partial charge >= 0.3 is 0 Å². The van der Waals surface area contributed by atoms with Crippen molar-refractivity contribution >= 4 is 11.4 Å². The van der Waals surface area contributed by atoms with Crippen molar-refractivity contribution in [2.75, 3.05) is 17.6 Å². The molecule has 0 fully saturated rings. The summed E-state index contributed by atoms with van der Waals surface area (Å²) in [6.07, 6.45) is 0.864. The summed E-state index contributed by atoms with van der Waals surface area (Å²) >= 11 is 0. The van der Waals surface area contributed by atoms with Gasteiger partial charge in [-0.05, 0) is 24.5 Å². The second-order valence-electron chi connectivity index (χ2n) is 3.97. The van der Waals surface area contributed by atoms with Crippen LogP contribution in [0.5, 0.6) is 0 Å². The largest absolute Gasteiger partial charge is 0.399 e. The molecule has 1 aromatic rings. The van der Waals surface area contributed by atoms with E-state index in [9.17, 15) is 8.78 Å². The fourth-order valence-corrected chi connectivity index (χ4v) is 1.25. The summed E-state index contributed by atoms with van der Waals surface area (Å²) in [5, 5.41) is 2.73. The van der Waals surface area contributed by atoms with Crippen LogP contribution in [0.15, 0.2) is 12.1 Å². The maximum absolute atomic E-state index is 13.3. The van der Waals surface area contributed by atoms with E-state index in [0.717, 1.165) is 18.6 Å². The first-order valence-electron chi connectivity index (χ1n) is 4.99. The van der Waals surface area contributed by atoms with Crippen LogP contribution in [0.4, 0.5) is 20.2 Å². The van der Waals surface area contributed by atoms with Crippen LogP contribution < -0.4 is 11.1 Å². The Bertz CT molecular complexity index is 314. The number of benzene rings is 1. The van der Waals surface area contributed by atoms with Gasteiger partial charge < -0.3 is 11.1 Å². The zero-order valence-corrected chi connectivity index (χ0v) is 8.98. The van der Waals surface area contributed by atoms with Crippen molar-refractivity contribution < 1.29 is 8.78 Å². The van der Waals surface area contributed by atoms with Crippen molar-refractivity contribution in [3.8, 4) is 0 Å². The standard InChI is InChI=1S/C11H16F2N2/c1-7(2)3-4-15-11-9(12)5-8(14)6-10(11)13/h5-7,15H,3-4,14H2,1-2H3. The average molecular weight is 214 g/mol. The molecule has 0 saturated heterocycles. The highest BCUT2D eigenvalue weighted by molar-refractivity contribution is 5.53. The van der Waals surface area contributed by atoms with Gasteiger partial charge in [0.05, 0.1) is 0 Å². The Kier molecular flexibility index (Phi) is 3.88. The lowest BCUT2D eigenvalue weighted by molar-refractivity contribution is 0.577. The molecule has 2 nitrogen and oxygen atoms in total. The van der Waals surface area contributed by atoms with Crippen LogP contribution in [-0.2, 0) is 0 Å². The van der Waals surface area contributed by atoms with Crippen molar-refractivity contribution in [3.05, 3.63) is 23.8 Å². The van der Waals surface area contributed by atoms with Gasteiger partial charge in [0.15, 0.2) is 11.6 Å². The van der Waals surface area contributed by atoms with Gasteiger partial charge in [0.1, 0.15) is 5.69 Å². The van der Waals surface area contributed by atoms with Gasteiger partial charge in [-0.3, -0.25) is 0 Å². The smallest absolute Gasteiger partial charge is 0.151 e. The third-order valence-electron chi connectivity index (χ3n) is 2.09. The fraction of sp³-hybridized carbons (Fsp3) is 0.455. The molecule has 0 aliphatic carbocycles. The van der Waals surface area contributed by atoms with Crippen molar-refractivity contribution in [2.24, 2.45) is 5.92 Å². The van der Waals surface area contributed by atoms with Gasteiger partial charge in [0, 0.05) is 12.2 Å². The van der Waals surface area contributed by atoms with Gasteiger partial charge in [-0.1, -0.05) is 13.8 Å². The Hall–Kier alpha value is -1.32. The molecular weight excluding hydrogens is 198 g/mol.